The predicted molar refractivity (Wildman–Crippen MR) is 69.2 cm³/mol. The van der Waals surface area contributed by atoms with Gasteiger partial charge in [-0.25, -0.2) is 9.48 Å². The molecule has 3 rings (SSSR count). The molecule has 0 spiro atoms. The van der Waals surface area contributed by atoms with Crippen LogP contribution in [0.3, 0.4) is 0 Å². The van der Waals surface area contributed by atoms with Crippen molar-refractivity contribution < 1.29 is 20.1 Å². The predicted octanol–water partition coefficient (Wildman–Crippen LogP) is -3.27. The highest BCUT2D eigenvalue weighted by molar-refractivity contribution is 5.23. The molecule has 118 valence electrons. The number of aromatic amines is 1. The molecule has 4 unspecified atom stereocenters. The van der Waals surface area contributed by atoms with Crippen molar-refractivity contribution in [2.24, 2.45) is 0 Å². The zero-order chi connectivity index (χ0) is 15.9. The SMILES string of the molecule is O=c1[nH]c(=O)n(C2OC(CO)C(O)C2O)cc1-n1ccnn1. The Labute approximate surface area is 122 Å². The average molecular weight is 311 g/mol. The molecule has 0 radical (unpaired) electrons. The topological polar surface area (TPSA) is 155 Å². The summed E-state index contributed by atoms with van der Waals surface area (Å²) in [5.41, 5.74) is -1.54. The number of aromatic nitrogens is 5. The normalized spacial score (nSPS) is 28.1. The third-order valence-electron chi connectivity index (χ3n) is 3.41. The van der Waals surface area contributed by atoms with Crippen LogP contribution in [0.15, 0.2) is 28.2 Å². The summed E-state index contributed by atoms with van der Waals surface area (Å²) < 4.78 is 7.31. The van der Waals surface area contributed by atoms with Gasteiger partial charge in [0, 0.05) is 6.20 Å². The average Bonchev–Trinajstić information content (AvgIpc) is 3.10. The number of aliphatic hydroxyl groups is 3. The molecule has 4 atom stereocenters. The zero-order valence-corrected chi connectivity index (χ0v) is 11.1. The Balaban J connectivity index is 2.07. The van der Waals surface area contributed by atoms with E-state index in [-0.39, 0.29) is 5.69 Å². The molecule has 1 fully saturated rings. The fourth-order valence-electron chi connectivity index (χ4n) is 2.27. The molecular formula is C11H13N5O6. The van der Waals surface area contributed by atoms with E-state index in [1.54, 1.807) is 0 Å². The van der Waals surface area contributed by atoms with E-state index in [0.717, 1.165) is 15.4 Å². The van der Waals surface area contributed by atoms with Crippen LogP contribution in [0.5, 0.6) is 0 Å². The molecule has 2 aromatic heterocycles. The number of nitrogens with one attached hydrogen (secondary N) is 1. The van der Waals surface area contributed by atoms with Gasteiger partial charge in [-0.15, -0.1) is 5.10 Å². The summed E-state index contributed by atoms with van der Waals surface area (Å²) in [6.07, 6.45) is -1.20. The van der Waals surface area contributed by atoms with Crippen molar-refractivity contribution in [2.45, 2.75) is 24.5 Å². The molecule has 0 bridgehead atoms. The van der Waals surface area contributed by atoms with Crippen LogP contribution in [0.1, 0.15) is 6.23 Å². The molecule has 1 aliphatic heterocycles. The number of nitrogens with zero attached hydrogens (tertiary/aromatic N) is 4. The Morgan fingerprint density at radius 2 is 2.09 bits per heavy atom. The first-order chi connectivity index (χ1) is 10.5. The van der Waals surface area contributed by atoms with Gasteiger partial charge in [0.05, 0.1) is 19.0 Å². The molecule has 22 heavy (non-hydrogen) atoms. The van der Waals surface area contributed by atoms with Gasteiger partial charge in [0.1, 0.15) is 24.0 Å². The van der Waals surface area contributed by atoms with Crippen molar-refractivity contribution in [1.82, 2.24) is 24.5 Å². The number of ether oxygens (including phenoxy) is 1. The second-order valence-corrected chi connectivity index (χ2v) is 4.76. The van der Waals surface area contributed by atoms with Crippen LogP contribution < -0.4 is 11.2 Å². The van der Waals surface area contributed by atoms with Crippen molar-refractivity contribution in [3.05, 3.63) is 39.4 Å². The Morgan fingerprint density at radius 1 is 1.32 bits per heavy atom. The smallest absolute Gasteiger partial charge is 0.330 e. The number of hydrogen-bond acceptors (Lipinski definition) is 8. The quantitative estimate of drug-likeness (QED) is 0.460. The molecule has 11 heteroatoms. The summed E-state index contributed by atoms with van der Waals surface area (Å²) in [6, 6.07) is 0. The van der Waals surface area contributed by atoms with E-state index in [1.807, 2.05) is 0 Å². The molecule has 4 N–H and O–H groups in total. The highest BCUT2D eigenvalue weighted by Crippen LogP contribution is 2.28. The molecule has 0 amide bonds. The summed E-state index contributed by atoms with van der Waals surface area (Å²) in [5.74, 6) is 0. The van der Waals surface area contributed by atoms with Crippen LogP contribution in [0.4, 0.5) is 0 Å². The lowest BCUT2D eigenvalue weighted by Crippen LogP contribution is -2.39. The van der Waals surface area contributed by atoms with E-state index in [2.05, 4.69) is 15.3 Å². The Bertz CT molecular complexity index is 768. The van der Waals surface area contributed by atoms with E-state index in [9.17, 15) is 19.8 Å². The van der Waals surface area contributed by atoms with Crippen molar-refractivity contribution in [1.29, 1.82) is 0 Å². The van der Waals surface area contributed by atoms with Gasteiger partial charge in [0.2, 0.25) is 0 Å². The summed E-state index contributed by atoms with van der Waals surface area (Å²) in [4.78, 5) is 25.8. The maximum Gasteiger partial charge on any atom is 0.330 e. The first-order valence-electron chi connectivity index (χ1n) is 6.37. The molecule has 11 nitrogen and oxygen atoms in total. The van der Waals surface area contributed by atoms with Crippen molar-refractivity contribution >= 4 is 0 Å². The van der Waals surface area contributed by atoms with Gasteiger partial charge in [-0.05, 0) is 0 Å². The number of rotatable bonds is 3. The van der Waals surface area contributed by atoms with Gasteiger partial charge < -0.3 is 20.1 Å². The summed E-state index contributed by atoms with van der Waals surface area (Å²) in [7, 11) is 0. The number of H-pyrrole nitrogens is 1. The second kappa shape index (κ2) is 5.46. The van der Waals surface area contributed by atoms with Gasteiger partial charge >= 0.3 is 5.69 Å². The van der Waals surface area contributed by atoms with Gasteiger partial charge in [0.15, 0.2) is 6.23 Å². The first kappa shape index (κ1) is 14.6. The largest absolute Gasteiger partial charge is 0.394 e. The van der Waals surface area contributed by atoms with E-state index >= 15 is 0 Å². The van der Waals surface area contributed by atoms with E-state index in [1.165, 1.54) is 12.4 Å². The fourth-order valence-corrected chi connectivity index (χ4v) is 2.27. The highest BCUT2D eigenvalue weighted by Gasteiger charge is 2.43. The van der Waals surface area contributed by atoms with Crippen LogP contribution in [-0.2, 0) is 4.74 Å². The molecule has 3 heterocycles. The summed E-state index contributed by atoms with van der Waals surface area (Å²) in [6.45, 7) is -0.525. The molecule has 0 aliphatic carbocycles. The van der Waals surface area contributed by atoms with Crippen molar-refractivity contribution in [2.75, 3.05) is 6.61 Å². The van der Waals surface area contributed by atoms with Crippen LogP contribution in [-0.4, -0.2) is 64.8 Å². The van der Waals surface area contributed by atoms with Gasteiger partial charge in [0.25, 0.3) is 5.56 Å². The minimum Gasteiger partial charge on any atom is -0.394 e. The third kappa shape index (κ3) is 2.25. The van der Waals surface area contributed by atoms with Gasteiger partial charge in [-0.1, -0.05) is 5.21 Å². The van der Waals surface area contributed by atoms with Crippen LogP contribution in [0.2, 0.25) is 0 Å². The minimum absolute atomic E-state index is 0.0187. The molecule has 1 saturated heterocycles. The van der Waals surface area contributed by atoms with Crippen molar-refractivity contribution in [3.8, 4) is 5.69 Å². The lowest BCUT2D eigenvalue weighted by atomic mass is 10.1. The fraction of sp³-hybridized carbons (Fsp3) is 0.455. The minimum atomic E-state index is -1.44. The Hall–Kier alpha value is -2.34. The highest BCUT2D eigenvalue weighted by atomic mass is 16.6. The third-order valence-corrected chi connectivity index (χ3v) is 3.41. The van der Waals surface area contributed by atoms with E-state index in [0.29, 0.717) is 0 Å². The lowest BCUT2D eigenvalue weighted by molar-refractivity contribution is -0.0550. The van der Waals surface area contributed by atoms with E-state index < -0.39 is 42.4 Å². The maximum absolute atomic E-state index is 11.9. The van der Waals surface area contributed by atoms with Gasteiger partial charge in [-0.3, -0.25) is 14.3 Å². The Kier molecular flexibility index (Phi) is 3.62. The van der Waals surface area contributed by atoms with E-state index in [4.69, 9.17) is 9.84 Å². The monoisotopic (exact) mass is 311 g/mol. The molecule has 0 saturated carbocycles. The zero-order valence-electron chi connectivity index (χ0n) is 11.1. The summed E-state index contributed by atoms with van der Waals surface area (Å²) >= 11 is 0. The molecule has 0 aromatic carbocycles. The van der Waals surface area contributed by atoms with Crippen LogP contribution in [0.25, 0.3) is 5.69 Å². The molecular weight excluding hydrogens is 298 g/mol. The molecule has 1 aliphatic rings. The summed E-state index contributed by atoms with van der Waals surface area (Å²) in [5, 5.41) is 36.0. The Morgan fingerprint density at radius 3 is 2.68 bits per heavy atom. The number of hydrogen-bond donors (Lipinski definition) is 4. The second-order valence-electron chi connectivity index (χ2n) is 4.76. The van der Waals surface area contributed by atoms with Gasteiger partial charge in [-0.2, -0.15) is 0 Å². The molecule has 2 aromatic rings. The van der Waals surface area contributed by atoms with Crippen LogP contribution >= 0.6 is 0 Å². The van der Waals surface area contributed by atoms with Crippen molar-refractivity contribution in [3.63, 3.8) is 0 Å². The maximum atomic E-state index is 11.9. The standard InChI is InChI=1S/C11H13N5O6/c17-4-6-7(18)8(19)10(22-6)15-3-5(9(20)13-11(15)21)16-2-1-12-14-16/h1-3,6-8,10,17-19H,4H2,(H,13,20,21). The lowest BCUT2D eigenvalue weighted by Gasteiger charge is -2.17. The number of aliphatic hydroxyl groups excluding tert-OH is 3. The first-order valence-corrected chi connectivity index (χ1v) is 6.37. The van der Waals surface area contributed by atoms with Crippen LogP contribution in [0, 0.1) is 0 Å².